The van der Waals surface area contributed by atoms with Crippen LogP contribution in [0.5, 0.6) is 0 Å². The van der Waals surface area contributed by atoms with E-state index in [-0.39, 0.29) is 11.1 Å². The highest BCUT2D eigenvalue weighted by Crippen LogP contribution is 2.23. The SMILES string of the molecule is CC(C)(C)N(CCNCO[SiH3])C(C)(C)C. The maximum atomic E-state index is 5.10. The van der Waals surface area contributed by atoms with Crippen LogP contribution in [0.25, 0.3) is 0 Å². The first-order chi connectivity index (χ1) is 6.69. The van der Waals surface area contributed by atoms with Crippen molar-refractivity contribution in [2.75, 3.05) is 19.8 Å². The van der Waals surface area contributed by atoms with Crippen LogP contribution in [0.1, 0.15) is 41.5 Å². The monoisotopic (exact) mass is 232 g/mol. The average Bonchev–Trinajstić information content (AvgIpc) is 1.99. The predicted octanol–water partition coefficient (Wildman–Crippen LogP) is 0.729. The van der Waals surface area contributed by atoms with E-state index >= 15 is 0 Å². The van der Waals surface area contributed by atoms with Gasteiger partial charge in [-0.2, -0.15) is 0 Å². The second kappa shape index (κ2) is 5.99. The summed E-state index contributed by atoms with van der Waals surface area (Å²) in [5.41, 5.74) is 0.420. The smallest absolute Gasteiger partial charge is 0.147 e. The minimum atomic E-state index is 0.210. The van der Waals surface area contributed by atoms with E-state index in [0.29, 0.717) is 6.73 Å². The van der Waals surface area contributed by atoms with Gasteiger partial charge in [-0.1, -0.05) is 0 Å². The maximum Gasteiger partial charge on any atom is 0.147 e. The van der Waals surface area contributed by atoms with Crippen LogP contribution in [-0.4, -0.2) is 46.3 Å². The lowest BCUT2D eigenvalue weighted by atomic mass is 9.96. The van der Waals surface area contributed by atoms with Gasteiger partial charge in [0.05, 0.1) is 6.73 Å². The van der Waals surface area contributed by atoms with Gasteiger partial charge < -0.3 is 4.43 Å². The molecule has 0 aromatic rings. The number of nitrogens with one attached hydrogen (secondary N) is 1. The Kier molecular flexibility index (Phi) is 6.03. The third-order valence-corrected chi connectivity index (χ3v) is 2.67. The molecule has 0 atom stereocenters. The van der Waals surface area contributed by atoms with E-state index in [0.717, 1.165) is 23.6 Å². The molecule has 1 N–H and O–H groups in total. The molecule has 0 fully saturated rings. The molecule has 0 unspecified atom stereocenters. The number of rotatable bonds is 5. The van der Waals surface area contributed by atoms with Gasteiger partial charge in [-0.3, -0.25) is 10.2 Å². The Morgan fingerprint density at radius 2 is 1.53 bits per heavy atom. The van der Waals surface area contributed by atoms with Crippen LogP contribution in [0.3, 0.4) is 0 Å². The van der Waals surface area contributed by atoms with Crippen LogP contribution in [0.15, 0.2) is 0 Å². The summed E-state index contributed by atoms with van der Waals surface area (Å²) in [7, 11) is 0.808. The summed E-state index contributed by atoms with van der Waals surface area (Å²) in [4.78, 5) is 2.51. The van der Waals surface area contributed by atoms with E-state index in [4.69, 9.17) is 4.43 Å². The van der Waals surface area contributed by atoms with Crippen molar-refractivity contribution in [1.82, 2.24) is 10.2 Å². The van der Waals surface area contributed by atoms with Crippen molar-refractivity contribution in [3.05, 3.63) is 0 Å². The first-order valence-corrected chi connectivity index (χ1v) is 6.48. The molecule has 0 aliphatic carbocycles. The molecule has 0 bridgehead atoms. The van der Waals surface area contributed by atoms with Crippen molar-refractivity contribution < 1.29 is 4.43 Å². The second-order valence-electron chi connectivity index (χ2n) is 5.93. The molecule has 0 radical (unpaired) electrons. The molecule has 0 spiro atoms. The van der Waals surface area contributed by atoms with Crippen LogP contribution in [-0.2, 0) is 4.43 Å². The highest BCUT2D eigenvalue weighted by molar-refractivity contribution is 5.97. The lowest BCUT2D eigenvalue weighted by molar-refractivity contribution is 0.0384. The zero-order valence-electron chi connectivity index (χ0n) is 11.5. The van der Waals surface area contributed by atoms with Gasteiger partial charge in [0, 0.05) is 24.2 Å². The molecule has 92 valence electrons. The molecule has 3 nitrogen and oxygen atoms in total. The highest BCUT2D eigenvalue weighted by Gasteiger charge is 2.30. The van der Waals surface area contributed by atoms with Crippen LogP contribution < -0.4 is 5.32 Å². The fourth-order valence-corrected chi connectivity index (χ4v) is 2.25. The molecule has 0 saturated carbocycles. The zero-order chi connectivity index (χ0) is 12.1. The number of hydrogen-bond donors (Lipinski definition) is 1. The van der Waals surface area contributed by atoms with Crippen molar-refractivity contribution >= 4 is 10.5 Å². The molecule has 0 saturated heterocycles. The summed E-state index contributed by atoms with van der Waals surface area (Å²) in [5, 5.41) is 3.28. The first-order valence-electron chi connectivity index (χ1n) is 5.67. The van der Waals surface area contributed by atoms with Gasteiger partial charge in [0.1, 0.15) is 10.5 Å². The second-order valence-corrected chi connectivity index (χ2v) is 6.50. The van der Waals surface area contributed by atoms with Crippen LogP contribution in [0.2, 0.25) is 0 Å². The Morgan fingerprint density at radius 3 is 1.87 bits per heavy atom. The Labute approximate surface area is 98.1 Å². The van der Waals surface area contributed by atoms with Gasteiger partial charge in [-0.25, -0.2) is 0 Å². The maximum absolute atomic E-state index is 5.10. The standard InChI is InChI=1S/C11H28N2OSi/c1-10(2,3)13(11(4,5)6)8-7-12-9-14-15/h12H,7-9H2,1-6,15H3. The molecule has 15 heavy (non-hydrogen) atoms. The van der Waals surface area contributed by atoms with E-state index in [1.165, 1.54) is 0 Å². The summed E-state index contributed by atoms with van der Waals surface area (Å²) in [5.74, 6) is 0. The van der Waals surface area contributed by atoms with Crippen molar-refractivity contribution in [2.45, 2.75) is 52.6 Å². The Morgan fingerprint density at radius 1 is 1.07 bits per heavy atom. The molecule has 0 aromatic carbocycles. The van der Waals surface area contributed by atoms with E-state index < -0.39 is 0 Å². The molecular formula is C11H28N2OSi. The molecule has 4 heteroatoms. The Balaban J connectivity index is 4.17. The van der Waals surface area contributed by atoms with E-state index in [1.807, 2.05) is 0 Å². The van der Waals surface area contributed by atoms with Crippen LogP contribution in [0, 0.1) is 0 Å². The summed E-state index contributed by atoms with van der Waals surface area (Å²) in [6.45, 7) is 16.3. The van der Waals surface area contributed by atoms with E-state index in [2.05, 4.69) is 51.8 Å². The largest absolute Gasteiger partial charge is 0.415 e. The Hall–Kier alpha value is 0.0969. The molecule has 0 amide bonds. The Bertz CT molecular complexity index is 158. The quantitative estimate of drug-likeness (QED) is 0.430. The lowest BCUT2D eigenvalue weighted by Crippen LogP contribution is -2.54. The fraction of sp³-hybridized carbons (Fsp3) is 1.00. The normalized spacial score (nSPS) is 13.8. The molecule has 0 aliphatic heterocycles. The predicted molar refractivity (Wildman–Crippen MR) is 70.1 cm³/mol. The molecule has 0 rings (SSSR count). The van der Waals surface area contributed by atoms with Crippen molar-refractivity contribution in [2.24, 2.45) is 0 Å². The van der Waals surface area contributed by atoms with Crippen molar-refractivity contribution in [1.29, 1.82) is 0 Å². The molecule has 0 aliphatic rings. The van der Waals surface area contributed by atoms with Gasteiger partial charge in [0.2, 0.25) is 0 Å². The zero-order valence-corrected chi connectivity index (χ0v) is 13.5. The summed E-state index contributed by atoms with van der Waals surface area (Å²) in [6, 6.07) is 0. The van der Waals surface area contributed by atoms with E-state index in [1.54, 1.807) is 0 Å². The van der Waals surface area contributed by atoms with Crippen molar-refractivity contribution in [3.63, 3.8) is 0 Å². The number of hydrogen-bond acceptors (Lipinski definition) is 3. The van der Waals surface area contributed by atoms with Gasteiger partial charge in [-0.05, 0) is 41.5 Å². The third-order valence-electron chi connectivity index (χ3n) is 2.38. The third kappa shape index (κ3) is 6.30. The van der Waals surface area contributed by atoms with Gasteiger partial charge in [0.25, 0.3) is 0 Å². The summed E-state index contributed by atoms with van der Waals surface area (Å²) >= 11 is 0. The first kappa shape index (κ1) is 15.1. The van der Waals surface area contributed by atoms with Gasteiger partial charge >= 0.3 is 0 Å². The number of nitrogens with zero attached hydrogens (tertiary/aromatic N) is 1. The summed E-state index contributed by atoms with van der Waals surface area (Å²) in [6.07, 6.45) is 0. The van der Waals surface area contributed by atoms with E-state index in [9.17, 15) is 0 Å². The van der Waals surface area contributed by atoms with Crippen molar-refractivity contribution in [3.8, 4) is 0 Å². The highest BCUT2D eigenvalue weighted by atomic mass is 28.2. The lowest BCUT2D eigenvalue weighted by Gasteiger charge is -2.45. The topological polar surface area (TPSA) is 24.5 Å². The van der Waals surface area contributed by atoms with Gasteiger partial charge in [0.15, 0.2) is 0 Å². The molecular weight excluding hydrogens is 204 g/mol. The molecule has 0 aromatic heterocycles. The molecule has 0 heterocycles. The van der Waals surface area contributed by atoms with Crippen LogP contribution >= 0.6 is 0 Å². The van der Waals surface area contributed by atoms with Gasteiger partial charge in [-0.15, -0.1) is 0 Å². The fourth-order valence-electron chi connectivity index (χ4n) is 2.04. The van der Waals surface area contributed by atoms with Crippen LogP contribution in [0.4, 0.5) is 0 Å². The summed E-state index contributed by atoms with van der Waals surface area (Å²) < 4.78 is 5.10. The average molecular weight is 232 g/mol. The minimum Gasteiger partial charge on any atom is -0.415 e. The minimum absolute atomic E-state index is 0.210.